The van der Waals surface area contributed by atoms with Gasteiger partial charge in [0.25, 0.3) is 0 Å². The summed E-state index contributed by atoms with van der Waals surface area (Å²) < 4.78 is 4.65. The number of carbonyl (C=O) groups is 1. The van der Waals surface area contributed by atoms with Crippen LogP contribution in [0.2, 0.25) is 0 Å². The van der Waals surface area contributed by atoms with Crippen molar-refractivity contribution in [3.8, 4) is 0 Å². The van der Waals surface area contributed by atoms with Gasteiger partial charge in [0.1, 0.15) is 0 Å². The van der Waals surface area contributed by atoms with Gasteiger partial charge in [0.2, 0.25) is 0 Å². The number of benzene rings is 1. The van der Waals surface area contributed by atoms with Crippen molar-refractivity contribution in [3.63, 3.8) is 0 Å². The number of likely N-dealkylation sites (tertiary alicyclic amines) is 1. The molecule has 0 spiro atoms. The molecule has 1 aliphatic rings. The first kappa shape index (κ1) is 15.0. The fourth-order valence-electron chi connectivity index (χ4n) is 2.69. The van der Waals surface area contributed by atoms with Gasteiger partial charge < -0.3 is 10.1 Å². The molecule has 110 valence electrons. The van der Waals surface area contributed by atoms with Gasteiger partial charge in [0.15, 0.2) is 0 Å². The minimum Gasteiger partial charge on any atom is -0.469 e. The van der Waals surface area contributed by atoms with Gasteiger partial charge in [-0.2, -0.15) is 0 Å². The highest BCUT2D eigenvalue weighted by Crippen LogP contribution is 2.13. The second-order valence-corrected chi connectivity index (χ2v) is 5.34. The Labute approximate surface area is 121 Å². The molecule has 0 radical (unpaired) electrons. The molecule has 0 bridgehead atoms. The molecule has 4 heteroatoms. The van der Waals surface area contributed by atoms with Gasteiger partial charge in [0.05, 0.1) is 13.5 Å². The van der Waals surface area contributed by atoms with Crippen LogP contribution < -0.4 is 5.32 Å². The molecule has 1 N–H and O–H groups in total. The van der Waals surface area contributed by atoms with E-state index in [1.54, 1.807) is 0 Å². The van der Waals surface area contributed by atoms with E-state index in [9.17, 15) is 4.79 Å². The van der Waals surface area contributed by atoms with Gasteiger partial charge in [-0.25, -0.2) is 0 Å². The van der Waals surface area contributed by atoms with Crippen LogP contribution in [0.5, 0.6) is 0 Å². The molecule has 1 aromatic rings. The van der Waals surface area contributed by atoms with Crippen molar-refractivity contribution in [1.29, 1.82) is 0 Å². The van der Waals surface area contributed by atoms with E-state index in [-0.39, 0.29) is 5.97 Å². The molecule has 1 unspecified atom stereocenters. The summed E-state index contributed by atoms with van der Waals surface area (Å²) in [5.41, 5.74) is 1.36. The average molecular weight is 276 g/mol. The molecule has 4 nitrogen and oxygen atoms in total. The molecule has 1 saturated heterocycles. The SMILES string of the molecule is COC(=O)CCNC1CCCN(Cc2ccccc2)C1. The molecular weight excluding hydrogens is 252 g/mol. The molecular formula is C16H24N2O2. The lowest BCUT2D eigenvalue weighted by atomic mass is 10.0. The third-order valence-electron chi connectivity index (χ3n) is 3.74. The largest absolute Gasteiger partial charge is 0.469 e. The molecule has 0 aromatic heterocycles. The number of piperidine rings is 1. The van der Waals surface area contributed by atoms with E-state index in [2.05, 4.69) is 45.3 Å². The van der Waals surface area contributed by atoms with Crippen LogP contribution in [0.15, 0.2) is 30.3 Å². The zero-order valence-electron chi connectivity index (χ0n) is 12.2. The van der Waals surface area contributed by atoms with Crippen LogP contribution >= 0.6 is 0 Å². The first-order valence-electron chi connectivity index (χ1n) is 7.34. The zero-order chi connectivity index (χ0) is 14.2. The zero-order valence-corrected chi connectivity index (χ0v) is 12.2. The number of carbonyl (C=O) groups excluding carboxylic acids is 1. The number of rotatable bonds is 6. The van der Waals surface area contributed by atoms with E-state index in [1.165, 1.54) is 25.5 Å². The molecule has 0 aliphatic carbocycles. The summed E-state index contributed by atoms with van der Waals surface area (Å²) >= 11 is 0. The maximum absolute atomic E-state index is 11.1. The summed E-state index contributed by atoms with van der Waals surface area (Å²) in [4.78, 5) is 13.6. The molecule has 0 saturated carbocycles. The Kier molecular flexibility index (Phi) is 6.02. The summed E-state index contributed by atoms with van der Waals surface area (Å²) in [6.07, 6.45) is 2.85. The normalized spacial score (nSPS) is 19.8. The van der Waals surface area contributed by atoms with Crippen LogP contribution in [0.25, 0.3) is 0 Å². The standard InChI is InChI=1S/C16H24N2O2/c1-20-16(19)9-10-17-15-8-5-11-18(13-15)12-14-6-3-2-4-7-14/h2-4,6-7,15,17H,5,8-13H2,1H3. The highest BCUT2D eigenvalue weighted by molar-refractivity contribution is 5.69. The van der Waals surface area contributed by atoms with Crippen molar-refractivity contribution >= 4 is 5.97 Å². The van der Waals surface area contributed by atoms with Crippen molar-refractivity contribution in [1.82, 2.24) is 10.2 Å². The molecule has 1 fully saturated rings. The monoisotopic (exact) mass is 276 g/mol. The lowest BCUT2D eigenvalue weighted by Gasteiger charge is -2.33. The predicted octanol–water partition coefficient (Wildman–Crippen LogP) is 1.80. The van der Waals surface area contributed by atoms with E-state index in [1.807, 2.05) is 0 Å². The van der Waals surface area contributed by atoms with E-state index < -0.39 is 0 Å². The summed E-state index contributed by atoms with van der Waals surface area (Å²) in [5.74, 6) is -0.144. The number of methoxy groups -OCH3 is 1. The number of hydrogen-bond donors (Lipinski definition) is 1. The maximum atomic E-state index is 11.1. The minimum atomic E-state index is -0.144. The Balaban J connectivity index is 1.73. The van der Waals surface area contributed by atoms with Crippen molar-refractivity contribution in [3.05, 3.63) is 35.9 Å². The second kappa shape index (κ2) is 8.02. The van der Waals surface area contributed by atoms with Gasteiger partial charge in [-0.1, -0.05) is 30.3 Å². The fourth-order valence-corrected chi connectivity index (χ4v) is 2.69. The van der Waals surface area contributed by atoms with Gasteiger partial charge in [0, 0.05) is 25.7 Å². The Morgan fingerprint density at radius 2 is 2.20 bits per heavy atom. The van der Waals surface area contributed by atoms with Crippen molar-refractivity contribution in [2.45, 2.75) is 31.8 Å². The van der Waals surface area contributed by atoms with Crippen molar-refractivity contribution in [2.24, 2.45) is 0 Å². The Morgan fingerprint density at radius 3 is 2.95 bits per heavy atom. The highest BCUT2D eigenvalue weighted by atomic mass is 16.5. The van der Waals surface area contributed by atoms with Gasteiger partial charge in [-0.05, 0) is 24.9 Å². The third kappa shape index (κ3) is 4.94. The summed E-state index contributed by atoms with van der Waals surface area (Å²) in [7, 11) is 1.44. The fraction of sp³-hybridized carbons (Fsp3) is 0.562. The molecule has 1 aromatic carbocycles. The lowest BCUT2D eigenvalue weighted by molar-refractivity contribution is -0.140. The first-order valence-corrected chi connectivity index (χ1v) is 7.34. The van der Waals surface area contributed by atoms with Crippen molar-refractivity contribution in [2.75, 3.05) is 26.7 Å². The van der Waals surface area contributed by atoms with E-state index in [0.717, 1.165) is 19.6 Å². The smallest absolute Gasteiger partial charge is 0.306 e. The topological polar surface area (TPSA) is 41.6 Å². The van der Waals surface area contributed by atoms with E-state index in [4.69, 9.17) is 0 Å². The summed E-state index contributed by atoms with van der Waals surface area (Å²) in [6.45, 7) is 3.92. The highest BCUT2D eigenvalue weighted by Gasteiger charge is 2.19. The average Bonchev–Trinajstić information content (AvgIpc) is 2.48. The number of hydrogen-bond acceptors (Lipinski definition) is 4. The van der Waals surface area contributed by atoms with E-state index in [0.29, 0.717) is 19.0 Å². The summed E-state index contributed by atoms with van der Waals surface area (Å²) in [5, 5.41) is 3.46. The quantitative estimate of drug-likeness (QED) is 0.805. The van der Waals surface area contributed by atoms with Crippen molar-refractivity contribution < 1.29 is 9.53 Å². The molecule has 1 atom stereocenters. The first-order chi connectivity index (χ1) is 9.78. The van der Waals surface area contributed by atoms with Gasteiger partial charge >= 0.3 is 5.97 Å². The molecule has 1 heterocycles. The Hall–Kier alpha value is -1.39. The third-order valence-corrected chi connectivity index (χ3v) is 3.74. The summed E-state index contributed by atoms with van der Waals surface area (Å²) in [6, 6.07) is 11.1. The maximum Gasteiger partial charge on any atom is 0.306 e. The van der Waals surface area contributed by atoms with Crippen LogP contribution in [-0.2, 0) is 16.1 Å². The van der Waals surface area contributed by atoms with Crippen LogP contribution in [0.3, 0.4) is 0 Å². The minimum absolute atomic E-state index is 0.144. The Bertz CT molecular complexity index is 408. The Morgan fingerprint density at radius 1 is 1.40 bits per heavy atom. The van der Waals surface area contributed by atoms with Crippen LogP contribution in [-0.4, -0.2) is 43.7 Å². The van der Waals surface area contributed by atoms with Crippen LogP contribution in [0, 0.1) is 0 Å². The number of nitrogens with zero attached hydrogens (tertiary/aromatic N) is 1. The molecule has 0 amide bonds. The second-order valence-electron chi connectivity index (χ2n) is 5.34. The van der Waals surface area contributed by atoms with Gasteiger partial charge in [-0.15, -0.1) is 0 Å². The number of ether oxygens (including phenoxy) is 1. The molecule has 2 rings (SSSR count). The van der Waals surface area contributed by atoms with E-state index >= 15 is 0 Å². The lowest BCUT2D eigenvalue weighted by Crippen LogP contribution is -2.45. The molecule has 20 heavy (non-hydrogen) atoms. The molecule has 1 aliphatic heterocycles. The number of nitrogens with one attached hydrogen (secondary N) is 1. The van der Waals surface area contributed by atoms with Gasteiger partial charge in [-0.3, -0.25) is 9.69 Å². The van der Waals surface area contributed by atoms with Crippen LogP contribution in [0.1, 0.15) is 24.8 Å². The number of esters is 1. The predicted molar refractivity (Wildman–Crippen MR) is 79.4 cm³/mol. The van der Waals surface area contributed by atoms with Crippen LogP contribution in [0.4, 0.5) is 0 Å².